The molecule has 3 rings (SSSR count). The lowest BCUT2D eigenvalue weighted by Gasteiger charge is -2.27. The molecular formula is C23H26ClFN2O3. The number of benzene rings is 2. The van der Waals surface area contributed by atoms with E-state index < -0.39 is 6.10 Å². The van der Waals surface area contributed by atoms with E-state index in [4.69, 9.17) is 21.2 Å². The Labute approximate surface area is 181 Å². The third kappa shape index (κ3) is 6.64. The Morgan fingerprint density at radius 2 is 2.07 bits per heavy atom. The fourth-order valence-electron chi connectivity index (χ4n) is 3.34. The molecule has 0 saturated heterocycles. The van der Waals surface area contributed by atoms with Gasteiger partial charge in [0.2, 0.25) is 0 Å². The number of halogens is 2. The van der Waals surface area contributed by atoms with Crippen LogP contribution < -0.4 is 0 Å². The molecule has 0 aromatic heterocycles. The number of hydrogen-bond acceptors (Lipinski definition) is 5. The zero-order valence-electron chi connectivity index (χ0n) is 16.7. The van der Waals surface area contributed by atoms with E-state index in [2.05, 4.69) is 11.7 Å². The van der Waals surface area contributed by atoms with Crippen molar-refractivity contribution in [3.05, 3.63) is 83.2 Å². The molecule has 5 nitrogen and oxygen atoms in total. The van der Waals surface area contributed by atoms with Gasteiger partial charge in [0.25, 0.3) is 0 Å². The van der Waals surface area contributed by atoms with Crippen LogP contribution in [-0.2, 0) is 16.1 Å². The van der Waals surface area contributed by atoms with Gasteiger partial charge in [0, 0.05) is 36.6 Å². The molecule has 0 radical (unpaired) electrons. The molecule has 0 amide bonds. The highest BCUT2D eigenvalue weighted by Gasteiger charge is 2.26. The van der Waals surface area contributed by atoms with Crippen molar-refractivity contribution in [2.75, 3.05) is 26.3 Å². The molecule has 0 fully saturated rings. The molecular weight excluding hydrogens is 407 g/mol. The Balaban J connectivity index is 1.62. The minimum atomic E-state index is -0.713. The second kappa shape index (κ2) is 11.2. The maximum absolute atomic E-state index is 14.2. The fourth-order valence-corrected chi connectivity index (χ4v) is 3.46. The summed E-state index contributed by atoms with van der Waals surface area (Å²) in [6.45, 7) is 5.30. The van der Waals surface area contributed by atoms with Gasteiger partial charge in [-0.1, -0.05) is 53.2 Å². The molecule has 1 N–H and O–H groups in total. The van der Waals surface area contributed by atoms with Crippen molar-refractivity contribution in [3.63, 3.8) is 0 Å². The first kappa shape index (κ1) is 22.4. The van der Waals surface area contributed by atoms with Crippen molar-refractivity contribution in [2.24, 2.45) is 5.16 Å². The van der Waals surface area contributed by atoms with Crippen LogP contribution in [0.4, 0.5) is 4.39 Å². The first-order valence-corrected chi connectivity index (χ1v) is 10.2. The average Bonchev–Trinajstić information content (AvgIpc) is 3.19. The van der Waals surface area contributed by atoms with E-state index in [9.17, 15) is 9.50 Å². The Hall–Kier alpha value is -2.25. The van der Waals surface area contributed by atoms with Crippen molar-refractivity contribution >= 4 is 17.3 Å². The number of hydrogen-bond donors (Lipinski definition) is 1. The van der Waals surface area contributed by atoms with Crippen LogP contribution in [0.1, 0.15) is 17.5 Å². The van der Waals surface area contributed by atoms with Gasteiger partial charge in [-0.05, 0) is 23.8 Å². The summed E-state index contributed by atoms with van der Waals surface area (Å²) in [4.78, 5) is 7.59. The normalized spacial score (nSPS) is 16.9. The average molecular weight is 433 g/mol. The van der Waals surface area contributed by atoms with Crippen molar-refractivity contribution < 1.29 is 19.1 Å². The Morgan fingerprint density at radius 3 is 2.80 bits per heavy atom. The lowest BCUT2D eigenvalue weighted by Crippen LogP contribution is -2.39. The first-order chi connectivity index (χ1) is 14.5. The second-order valence-corrected chi connectivity index (χ2v) is 7.68. The number of nitrogens with zero attached hydrogens (tertiary/aromatic N) is 2. The molecule has 7 heteroatoms. The van der Waals surface area contributed by atoms with E-state index in [0.29, 0.717) is 43.2 Å². The molecule has 30 heavy (non-hydrogen) atoms. The van der Waals surface area contributed by atoms with Crippen molar-refractivity contribution in [1.82, 2.24) is 4.90 Å². The van der Waals surface area contributed by atoms with Gasteiger partial charge in [0.1, 0.15) is 11.9 Å². The second-order valence-electron chi connectivity index (χ2n) is 7.24. The monoisotopic (exact) mass is 432 g/mol. The quantitative estimate of drug-likeness (QED) is 0.430. The summed E-state index contributed by atoms with van der Waals surface area (Å²) in [7, 11) is 0. The van der Waals surface area contributed by atoms with E-state index in [0.717, 1.165) is 11.3 Å². The van der Waals surface area contributed by atoms with Crippen LogP contribution in [0.3, 0.4) is 0 Å². The molecule has 1 aliphatic rings. The maximum Gasteiger partial charge on any atom is 0.145 e. The molecule has 0 bridgehead atoms. The standard InChI is InChI=1S/C23H26ClFN2O3/c1-2-11-29-16-20(28)14-27(13-18-5-3-4-6-22(18)25)15-21-12-23(26-30-21)17-7-9-19(24)10-8-17/h2-10,20-21,28H,1,11-16H2/t20-,21-/m1/s1. The minimum absolute atomic E-state index is 0.178. The summed E-state index contributed by atoms with van der Waals surface area (Å²) in [6.07, 6.45) is 1.35. The number of aliphatic hydroxyl groups excluding tert-OH is 1. The molecule has 1 aliphatic heterocycles. The minimum Gasteiger partial charge on any atom is -0.390 e. The third-order valence-electron chi connectivity index (χ3n) is 4.74. The summed E-state index contributed by atoms with van der Waals surface area (Å²) < 4.78 is 19.5. The lowest BCUT2D eigenvalue weighted by molar-refractivity contribution is 0.00310. The summed E-state index contributed by atoms with van der Waals surface area (Å²) in [5.41, 5.74) is 2.37. The summed E-state index contributed by atoms with van der Waals surface area (Å²) in [5.74, 6) is -0.273. The zero-order valence-corrected chi connectivity index (χ0v) is 17.5. The zero-order chi connectivity index (χ0) is 21.3. The summed E-state index contributed by atoms with van der Waals surface area (Å²) in [5, 5.41) is 15.2. The molecule has 1 heterocycles. The van der Waals surface area contributed by atoms with Crippen LogP contribution in [0, 0.1) is 5.82 Å². The van der Waals surface area contributed by atoms with Crippen LogP contribution >= 0.6 is 11.6 Å². The van der Waals surface area contributed by atoms with E-state index in [-0.39, 0.29) is 18.5 Å². The SMILES string of the molecule is C=CCOC[C@H](O)CN(Cc1ccccc1F)C[C@H]1CC(c2ccc(Cl)cc2)=NO1. The topological polar surface area (TPSA) is 54.3 Å². The Kier molecular flexibility index (Phi) is 8.39. The van der Waals surface area contributed by atoms with Gasteiger partial charge in [0.05, 0.1) is 25.0 Å². The third-order valence-corrected chi connectivity index (χ3v) is 4.99. The number of ether oxygens (including phenoxy) is 1. The van der Waals surface area contributed by atoms with Crippen molar-refractivity contribution in [2.45, 2.75) is 25.2 Å². The van der Waals surface area contributed by atoms with Crippen LogP contribution in [0.5, 0.6) is 0 Å². The molecule has 160 valence electrons. The van der Waals surface area contributed by atoms with Gasteiger partial charge in [-0.25, -0.2) is 4.39 Å². The number of aliphatic hydroxyl groups is 1. The van der Waals surface area contributed by atoms with Gasteiger partial charge >= 0.3 is 0 Å². The van der Waals surface area contributed by atoms with Gasteiger partial charge < -0.3 is 14.7 Å². The predicted molar refractivity (Wildman–Crippen MR) is 116 cm³/mol. The molecule has 2 aromatic rings. The van der Waals surface area contributed by atoms with Crippen LogP contribution in [-0.4, -0.2) is 54.2 Å². The lowest BCUT2D eigenvalue weighted by atomic mass is 10.0. The highest BCUT2D eigenvalue weighted by atomic mass is 35.5. The van der Waals surface area contributed by atoms with Gasteiger partial charge in [-0.15, -0.1) is 6.58 Å². The van der Waals surface area contributed by atoms with Crippen LogP contribution in [0.25, 0.3) is 0 Å². The molecule has 2 aromatic carbocycles. The van der Waals surface area contributed by atoms with Gasteiger partial charge in [-0.3, -0.25) is 4.90 Å². The highest BCUT2D eigenvalue weighted by molar-refractivity contribution is 6.30. The number of oxime groups is 1. The van der Waals surface area contributed by atoms with E-state index in [1.807, 2.05) is 29.2 Å². The van der Waals surface area contributed by atoms with E-state index in [1.165, 1.54) is 6.07 Å². The van der Waals surface area contributed by atoms with Crippen LogP contribution in [0.15, 0.2) is 66.3 Å². The molecule has 0 aliphatic carbocycles. The first-order valence-electron chi connectivity index (χ1n) is 9.86. The Morgan fingerprint density at radius 1 is 1.30 bits per heavy atom. The molecule has 0 unspecified atom stereocenters. The molecule has 2 atom stereocenters. The maximum atomic E-state index is 14.2. The summed E-state index contributed by atoms with van der Waals surface area (Å²) in [6, 6.07) is 14.1. The molecule has 0 spiro atoms. The smallest absolute Gasteiger partial charge is 0.145 e. The van der Waals surface area contributed by atoms with Crippen LogP contribution in [0.2, 0.25) is 5.02 Å². The number of rotatable bonds is 11. The Bertz CT molecular complexity index is 860. The highest BCUT2D eigenvalue weighted by Crippen LogP contribution is 2.20. The van der Waals surface area contributed by atoms with Gasteiger partial charge in [0.15, 0.2) is 0 Å². The predicted octanol–water partition coefficient (Wildman–Crippen LogP) is 4.04. The largest absolute Gasteiger partial charge is 0.390 e. The summed E-state index contributed by atoms with van der Waals surface area (Å²) >= 11 is 5.95. The van der Waals surface area contributed by atoms with Gasteiger partial charge in [-0.2, -0.15) is 0 Å². The van der Waals surface area contributed by atoms with E-state index >= 15 is 0 Å². The van der Waals surface area contributed by atoms with E-state index in [1.54, 1.807) is 24.3 Å². The molecule has 0 saturated carbocycles. The fraction of sp³-hybridized carbons (Fsp3) is 0.348. The van der Waals surface area contributed by atoms with Crippen molar-refractivity contribution in [3.8, 4) is 0 Å². The van der Waals surface area contributed by atoms with Crippen molar-refractivity contribution in [1.29, 1.82) is 0 Å².